The van der Waals surface area contributed by atoms with Crippen molar-refractivity contribution >= 4 is 21.4 Å². The van der Waals surface area contributed by atoms with Crippen LogP contribution in [0.5, 0.6) is 0 Å². The number of benzene rings is 1. The number of nitrogens with one attached hydrogen (secondary N) is 2. The Labute approximate surface area is 116 Å². The van der Waals surface area contributed by atoms with Gasteiger partial charge in [-0.1, -0.05) is 0 Å². The summed E-state index contributed by atoms with van der Waals surface area (Å²) in [7, 11) is -3.23. The van der Waals surface area contributed by atoms with E-state index in [1.54, 1.807) is 12.1 Å². The lowest BCUT2D eigenvalue weighted by molar-refractivity contribution is 0.0957. The van der Waals surface area contributed by atoms with E-state index in [1.165, 1.54) is 30.7 Å². The van der Waals surface area contributed by atoms with Gasteiger partial charge in [-0.2, -0.15) is 0 Å². The molecule has 2 rings (SSSR count). The monoisotopic (exact) mass is 292 g/mol. The van der Waals surface area contributed by atoms with Crippen molar-refractivity contribution in [1.82, 2.24) is 15.4 Å². The van der Waals surface area contributed by atoms with Crippen LogP contribution < -0.4 is 10.9 Å². The SMILES string of the molecule is CS(=O)(=O)c1ccc(NNC(=O)c2cnccn2)cc1. The van der Waals surface area contributed by atoms with Gasteiger partial charge in [-0.05, 0) is 24.3 Å². The van der Waals surface area contributed by atoms with Crippen LogP contribution in [0.2, 0.25) is 0 Å². The van der Waals surface area contributed by atoms with Crippen molar-refractivity contribution < 1.29 is 13.2 Å². The Hall–Kier alpha value is -2.48. The van der Waals surface area contributed by atoms with Crippen molar-refractivity contribution in [2.24, 2.45) is 0 Å². The number of rotatable bonds is 4. The second-order valence-corrected chi connectivity index (χ2v) is 5.98. The van der Waals surface area contributed by atoms with E-state index in [1.807, 2.05) is 0 Å². The first-order chi connectivity index (χ1) is 9.47. The summed E-state index contributed by atoms with van der Waals surface area (Å²) in [5.74, 6) is -0.440. The number of carbonyl (C=O) groups excluding carboxylic acids is 1. The van der Waals surface area contributed by atoms with E-state index in [0.717, 1.165) is 6.26 Å². The third-order valence-electron chi connectivity index (χ3n) is 2.40. The molecule has 0 unspecified atom stereocenters. The maximum atomic E-state index is 11.7. The predicted molar refractivity (Wildman–Crippen MR) is 72.7 cm³/mol. The number of hydrogen-bond acceptors (Lipinski definition) is 6. The number of carbonyl (C=O) groups is 1. The van der Waals surface area contributed by atoms with Gasteiger partial charge in [0.15, 0.2) is 9.84 Å². The van der Waals surface area contributed by atoms with E-state index in [-0.39, 0.29) is 10.6 Å². The topological polar surface area (TPSA) is 101 Å². The molecular formula is C12H12N4O3S. The highest BCUT2D eigenvalue weighted by molar-refractivity contribution is 7.90. The first-order valence-corrected chi connectivity index (χ1v) is 7.48. The van der Waals surface area contributed by atoms with Gasteiger partial charge in [0, 0.05) is 18.6 Å². The largest absolute Gasteiger partial charge is 0.298 e. The highest BCUT2D eigenvalue weighted by atomic mass is 32.2. The molecule has 0 saturated heterocycles. The first-order valence-electron chi connectivity index (χ1n) is 5.59. The van der Waals surface area contributed by atoms with E-state index in [0.29, 0.717) is 5.69 Å². The molecule has 20 heavy (non-hydrogen) atoms. The van der Waals surface area contributed by atoms with Gasteiger partial charge >= 0.3 is 0 Å². The zero-order valence-electron chi connectivity index (χ0n) is 10.6. The molecule has 0 bridgehead atoms. The molecular weight excluding hydrogens is 280 g/mol. The van der Waals surface area contributed by atoms with E-state index < -0.39 is 15.7 Å². The normalized spacial score (nSPS) is 10.8. The minimum Gasteiger partial charge on any atom is -0.298 e. The molecule has 104 valence electrons. The molecule has 0 spiro atoms. The highest BCUT2D eigenvalue weighted by Gasteiger charge is 2.08. The van der Waals surface area contributed by atoms with Crippen LogP contribution in [0, 0.1) is 0 Å². The minimum absolute atomic E-state index is 0.174. The first kappa shape index (κ1) is 13.9. The zero-order chi connectivity index (χ0) is 14.6. The Bertz CT molecular complexity index is 699. The van der Waals surface area contributed by atoms with Gasteiger partial charge in [-0.3, -0.25) is 20.6 Å². The van der Waals surface area contributed by atoms with Crippen LogP contribution in [0.1, 0.15) is 10.5 Å². The Morgan fingerprint density at radius 3 is 2.40 bits per heavy atom. The van der Waals surface area contributed by atoms with Gasteiger partial charge in [-0.25, -0.2) is 13.4 Å². The van der Waals surface area contributed by atoms with Crippen molar-refractivity contribution in [3.63, 3.8) is 0 Å². The lowest BCUT2D eigenvalue weighted by Crippen LogP contribution is -2.30. The van der Waals surface area contributed by atoms with E-state index in [2.05, 4.69) is 20.8 Å². The molecule has 1 aromatic heterocycles. The van der Waals surface area contributed by atoms with Crippen molar-refractivity contribution in [3.05, 3.63) is 48.5 Å². The standard InChI is InChI=1S/C12H12N4O3S/c1-20(18,19)10-4-2-9(3-5-10)15-16-12(17)11-8-13-6-7-14-11/h2-8,15H,1H3,(H,16,17). The molecule has 2 N–H and O–H groups in total. The number of amides is 1. The molecule has 1 heterocycles. The summed E-state index contributed by atoms with van der Waals surface area (Å²) in [5, 5.41) is 0. The third-order valence-corrected chi connectivity index (χ3v) is 3.53. The molecule has 0 aliphatic heterocycles. The molecule has 8 heteroatoms. The van der Waals surface area contributed by atoms with Crippen LogP contribution in [0.3, 0.4) is 0 Å². The van der Waals surface area contributed by atoms with Crippen LogP contribution >= 0.6 is 0 Å². The second-order valence-electron chi connectivity index (χ2n) is 3.97. The quantitative estimate of drug-likeness (QED) is 0.802. The Morgan fingerprint density at radius 1 is 1.15 bits per heavy atom. The van der Waals surface area contributed by atoms with Crippen LogP contribution in [0.25, 0.3) is 0 Å². The van der Waals surface area contributed by atoms with Crippen molar-refractivity contribution in [2.45, 2.75) is 4.90 Å². The molecule has 1 amide bonds. The number of nitrogens with zero attached hydrogens (tertiary/aromatic N) is 2. The Morgan fingerprint density at radius 2 is 1.85 bits per heavy atom. The zero-order valence-corrected chi connectivity index (χ0v) is 11.4. The summed E-state index contributed by atoms with van der Waals surface area (Å²) in [5.41, 5.74) is 5.82. The molecule has 0 fully saturated rings. The highest BCUT2D eigenvalue weighted by Crippen LogP contribution is 2.13. The lowest BCUT2D eigenvalue weighted by atomic mass is 10.3. The van der Waals surface area contributed by atoms with Crippen LogP contribution in [-0.4, -0.2) is 30.5 Å². The second kappa shape index (κ2) is 5.66. The Kier molecular flexibility index (Phi) is 3.94. The van der Waals surface area contributed by atoms with Crippen molar-refractivity contribution in [2.75, 3.05) is 11.7 Å². The average Bonchev–Trinajstić information content (AvgIpc) is 2.45. The lowest BCUT2D eigenvalue weighted by Gasteiger charge is -2.08. The Balaban J connectivity index is 2.00. The summed E-state index contributed by atoms with van der Waals surface area (Å²) in [6.07, 6.45) is 5.35. The van der Waals surface area contributed by atoms with E-state index in [9.17, 15) is 13.2 Å². The van der Waals surface area contributed by atoms with Crippen LogP contribution in [-0.2, 0) is 9.84 Å². The number of hydrogen-bond donors (Lipinski definition) is 2. The predicted octanol–water partition coefficient (Wildman–Crippen LogP) is 0.637. The smallest absolute Gasteiger partial charge is 0.289 e. The number of hydrazine groups is 1. The van der Waals surface area contributed by atoms with E-state index in [4.69, 9.17) is 0 Å². The van der Waals surface area contributed by atoms with Crippen molar-refractivity contribution in [1.29, 1.82) is 0 Å². The fourth-order valence-electron chi connectivity index (χ4n) is 1.39. The number of aromatic nitrogens is 2. The van der Waals surface area contributed by atoms with Crippen LogP contribution in [0.4, 0.5) is 5.69 Å². The van der Waals surface area contributed by atoms with Gasteiger partial charge in [0.05, 0.1) is 16.8 Å². The summed E-state index contributed by atoms with van der Waals surface area (Å²) < 4.78 is 22.6. The van der Waals surface area contributed by atoms with Gasteiger partial charge < -0.3 is 0 Å². The molecule has 7 nitrogen and oxygen atoms in total. The summed E-state index contributed by atoms with van der Waals surface area (Å²) in [4.78, 5) is 19.5. The molecule has 0 saturated carbocycles. The fourth-order valence-corrected chi connectivity index (χ4v) is 2.03. The molecule has 0 aliphatic carbocycles. The number of sulfone groups is 1. The molecule has 0 radical (unpaired) electrons. The maximum absolute atomic E-state index is 11.7. The number of anilines is 1. The van der Waals surface area contributed by atoms with Gasteiger partial charge in [0.2, 0.25) is 0 Å². The van der Waals surface area contributed by atoms with Crippen molar-refractivity contribution in [3.8, 4) is 0 Å². The fraction of sp³-hybridized carbons (Fsp3) is 0.0833. The van der Waals surface area contributed by atoms with Gasteiger partial charge in [0.1, 0.15) is 5.69 Å². The maximum Gasteiger partial charge on any atom is 0.289 e. The van der Waals surface area contributed by atoms with Gasteiger partial charge in [-0.15, -0.1) is 0 Å². The molecule has 0 aliphatic rings. The minimum atomic E-state index is -3.23. The summed E-state index contributed by atoms with van der Waals surface area (Å²) in [6.45, 7) is 0. The molecule has 1 aromatic carbocycles. The third kappa shape index (κ3) is 3.51. The van der Waals surface area contributed by atoms with Crippen LogP contribution in [0.15, 0.2) is 47.8 Å². The summed E-state index contributed by atoms with van der Waals surface area (Å²) in [6, 6.07) is 6.00. The summed E-state index contributed by atoms with van der Waals surface area (Å²) >= 11 is 0. The molecule has 0 atom stereocenters. The molecule has 2 aromatic rings. The average molecular weight is 292 g/mol. The van der Waals surface area contributed by atoms with E-state index >= 15 is 0 Å². The van der Waals surface area contributed by atoms with Gasteiger partial charge in [0.25, 0.3) is 5.91 Å².